The third kappa shape index (κ3) is 3.26. The lowest BCUT2D eigenvalue weighted by Crippen LogP contribution is -2.27. The average molecular weight is 246 g/mol. The summed E-state index contributed by atoms with van der Waals surface area (Å²) in [5.41, 5.74) is 5.92. The Hall–Kier alpha value is -0.980. The van der Waals surface area contributed by atoms with Crippen LogP contribution in [-0.2, 0) is 10.0 Å². The summed E-state index contributed by atoms with van der Waals surface area (Å²) < 4.78 is 39.0. The molecule has 0 unspecified atom stereocenters. The Morgan fingerprint density at radius 1 is 1.44 bits per heavy atom. The van der Waals surface area contributed by atoms with Crippen molar-refractivity contribution in [3.8, 4) is 0 Å². The summed E-state index contributed by atoms with van der Waals surface area (Å²) in [6, 6.07) is 4.01. The molecule has 0 aromatic heterocycles. The third-order valence-electron chi connectivity index (χ3n) is 2.05. The Balaban J connectivity index is 2.90. The van der Waals surface area contributed by atoms with Gasteiger partial charge >= 0.3 is 0 Å². The fraction of sp³-hybridized carbons (Fsp3) is 0.400. The largest absolute Gasteiger partial charge is 0.330 e. The summed E-state index contributed by atoms with van der Waals surface area (Å²) in [5.74, 6) is -0.736. The van der Waals surface area contributed by atoms with Crippen molar-refractivity contribution < 1.29 is 12.8 Å². The van der Waals surface area contributed by atoms with E-state index >= 15 is 0 Å². The van der Waals surface area contributed by atoms with E-state index in [0.717, 1.165) is 0 Å². The van der Waals surface area contributed by atoms with Gasteiger partial charge in [0, 0.05) is 6.54 Å². The quantitative estimate of drug-likeness (QED) is 0.753. The summed E-state index contributed by atoms with van der Waals surface area (Å²) in [7, 11) is -3.76. The molecule has 0 radical (unpaired) electrons. The minimum Gasteiger partial charge on any atom is -0.330 e. The SMILES string of the molecule is Cc1ccc(S(=O)(=O)NCCCN)c(F)c1. The number of benzene rings is 1. The number of nitrogens with one attached hydrogen (secondary N) is 1. The number of rotatable bonds is 5. The first-order valence-electron chi connectivity index (χ1n) is 4.93. The van der Waals surface area contributed by atoms with Crippen LogP contribution in [0.3, 0.4) is 0 Å². The molecule has 4 nitrogen and oxygen atoms in total. The molecule has 0 aliphatic carbocycles. The Morgan fingerprint density at radius 2 is 2.12 bits per heavy atom. The van der Waals surface area contributed by atoms with Crippen LogP contribution in [0, 0.1) is 12.7 Å². The molecule has 0 aliphatic heterocycles. The Labute approximate surface area is 94.7 Å². The van der Waals surface area contributed by atoms with Gasteiger partial charge in [-0.1, -0.05) is 6.07 Å². The fourth-order valence-corrected chi connectivity index (χ4v) is 2.34. The Kier molecular flexibility index (Phi) is 4.40. The number of sulfonamides is 1. The highest BCUT2D eigenvalue weighted by atomic mass is 32.2. The maximum absolute atomic E-state index is 13.4. The molecule has 0 atom stereocenters. The summed E-state index contributed by atoms with van der Waals surface area (Å²) in [4.78, 5) is -0.324. The van der Waals surface area contributed by atoms with Gasteiger partial charge in [-0.25, -0.2) is 17.5 Å². The van der Waals surface area contributed by atoms with Gasteiger partial charge in [0.25, 0.3) is 0 Å². The summed E-state index contributed by atoms with van der Waals surface area (Å²) in [6.45, 7) is 2.30. The van der Waals surface area contributed by atoms with E-state index in [-0.39, 0.29) is 11.4 Å². The van der Waals surface area contributed by atoms with E-state index in [9.17, 15) is 12.8 Å². The van der Waals surface area contributed by atoms with E-state index in [0.29, 0.717) is 18.5 Å². The van der Waals surface area contributed by atoms with Crippen LogP contribution < -0.4 is 10.5 Å². The number of hydrogen-bond donors (Lipinski definition) is 2. The molecule has 1 aromatic carbocycles. The van der Waals surface area contributed by atoms with Gasteiger partial charge < -0.3 is 5.73 Å². The molecule has 6 heteroatoms. The van der Waals surface area contributed by atoms with E-state index < -0.39 is 15.8 Å². The standard InChI is InChI=1S/C10H15FN2O2S/c1-8-3-4-10(9(11)7-8)16(14,15)13-6-2-5-12/h3-4,7,13H,2,5-6,12H2,1H3. The number of halogens is 1. The van der Waals surface area contributed by atoms with E-state index in [1.54, 1.807) is 13.0 Å². The zero-order valence-corrected chi connectivity index (χ0v) is 9.85. The first kappa shape index (κ1) is 13.1. The number of hydrogen-bond acceptors (Lipinski definition) is 3. The highest BCUT2D eigenvalue weighted by molar-refractivity contribution is 7.89. The van der Waals surface area contributed by atoms with Crippen LogP contribution >= 0.6 is 0 Å². The zero-order valence-electron chi connectivity index (χ0n) is 9.03. The van der Waals surface area contributed by atoms with Gasteiger partial charge in [0.2, 0.25) is 10.0 Å². The lowest BCUT2D eigenvalue weighted by atomic mass is 10.2. The molecule has 0 amide bonds. The molecule has 0 fully saturated rings. The second-order valence-corrected chi connectivity index (χ2v) is 5.21. The highest BCUT2D eigenvalue weighted by Crippen LogP contribution is 2.15. The van der Waals surface area contributed by atoms with E-state index in [4.69, 9.17) is 5.73 Å². The van der Waals surface area contributed by atoms with Crippen molar-refractivity contribution in [1.29, 1.82) is 0 Å². The van der Waals surface area contributed by atoms with Crippen molar-refractivity contribution in [2.75, 3.05) is 13.1 Å². The first-order chi connectivity index (χ1) is 7.47. The molecule has 0 bridgehead atoms. The second-order valence-electron chi connectivity index (χ2n) is 3.47. The minimum absolute atomic E-state index is 0.214. The third-order valence-corrected chi connectivity index (χ3v) is 3.54. The molecule has 1 rings (SSSR count). The topological polar surface area (TPSA) is 72.2 Å². The van der Waals surface area contributed by atoms with Crippen molar-refractivity contribution in [3.63, 3.8) is 0 Å². The summed E-state index contributed by atoms with van der Waals surface area (Å²) in [6.07, 6.45) is 0.521. The molecule has 3 N–H and O–H groups in total. The molecule has 16 heavy (non-hydrogen) atoms. The van der Waals surface area contributed by atoms with E-state index in [2.05, 4.69) is 4.72 Å². The van der Waals surface area contributed by atoms with Crippen molar-refractivity contribution in [2.24, 2.45) is 5.73 Å². The van der Waals surface area contributed by atoms with Gasteiger partial charge in [-0.3, -0.25) is 0 Å². The fourth-order valence-electron chi connectivity index (χ4n) is 1.21. The molecule has 1 aromatic rings. The molecule has 90 valence electrons. The van der Waals surface area contributed by atoms with Crippen LogP contribution in [0.5, 0.6) is 0 Å². The molecule has 0 saturated carbocycles. The first-order valence-corrected chi connectivity index (χ1v) is 6.41. The van der Waals surface area contributed by atoms with Crippen molar-refractivity contribution >= 4 is 10.0 Å². The summed E-state index contributed by atoms with van der Waals surface area (Å²) in [5, 5.41) is 0. The number of aryl methyl sites for hydroxylation is 1. The normalized spacial score (nSPS) is 11.7. The molecule has 0 saturated heterocycles. The lowest BCUT2D eigenvalue weighted by Gasteiger charge is -2.07. The van der Waals surface area contributed by atoms with Crippen LogP contribution in [0.1, 0.15) is 12.0 Å². The number of nitrogens with two attached hydrogens (primary N) is 1. The van der Waals surface area contributed by atoms with Gasteiger partial charge in [0.15, 0.2) is 0 Å². The van der Waals surface area contributed by atoms with E-state index in [1.807, 2.05) is 0 Å². The molecule has 0 heterocycles. The highest BCUT2D eigenvalue weighted by Gasteiger charge is 2.17. The molecule has 0 spiro atoms. The van der Waals surface area contributed by atoms with Gasteiger partial charge in [0.05, 0.1) is 0 Å². The van der Waals surface area contributed by atoms with Crippen molar-refractivity contribution in [2.45, 2.75) is 18.2 Å². The van der Waals surface area contributed by atoms with Crippen LogP contribution in [0.2, 0.25) is 0 Å². The molecule has 0 aliphatic rings. The Morgan fingerprint density at radius 3 is 2.69 bits per heavy atom. The maximum Gasteiger partial charge on any atom is 0.243 e. The van der Waals surface area contributed by atoms with Crippen molar-refractivity contribution in [1.82, 2.24) is 4.72 Å². The van der Waals surface area contributed by atoms with Gasteiger partial charge in [-0.05, 0) is 37.6 Å². The maximum atomic E-state index is 13.4. The van der Waals surface area contributed by atoms with Crippen LogP contribution in [-0.4, -0.2) is 21.5 Å². The second kappa shape index (κ2) is 5.38. The summed E-state index contributed by atoms with van der Waals surface area (Å²) >= 11 is 0. The van der Waals surface area contributed by atoms with Crippen LogP contribution in [0.4, 0.5) is 4.39 Å². The predicted molar refractivity (Wildman–Crippen MR) is 60.0 cm³/mol. The van der Waals surface area contributed by atoms with Gasteiger partial charge in [0.1, 0.15) is 10.7 Å². The van der Waals surface area contributed by atoms with E-state index in [1.165, 1.54) is 12.1 Å². The lowest BCUT2D eigenvalue weighted by molar-refractivity contribution is 0.555. The smallest absolute Gasteiger partial charge is 0.243 e. The minimum atomic E-state index is -3.76. The average Bonchev–Trinajstić information content (AvgIpc) is 2.17. The van der Waals surface area contributed by atoms with Gasteiger partial charge in [-0.15, -0.1) is 0 Å². The van der Waals surface area contributed by atoms with Crippen LogP contribution in [0.25, 0.3) is 0 Å². The van der Waals surface area contributed by atoms with Crippen LogP contribution in [0.15, 0.2) is 23.1 Å². The molecular weight excluding hydrogens is 231 g/mol. The van der Waals surface area contributed by atoms with Crippen molar-refractivity contribution in [3.05, 3.63) is 29.6 Å². The zero-order chi connectivity index (χ0) is 12.2. The molecular formula is C10H15FN2O2S. The van der Waals surface area contributed by atoms with Gasteiger partial charge in [-0.2, -0.15) is 0 Å². The Bertz CT molecular complexity index is 460. The predicted octanol–water partition coefficient (Wildman–Crippen LogP) is 0.761. The monoisotopic (exact) mass is 246 g/mol.